The van der Waals surface area contributed by atoms with Crippen molar-refractivity contribution in [2.75, 3.05) is 26.0 Å². The van der Waals surface area contributed by atoms with Crippen molar-refractivity contribution in [1.82, 2.24) is 5.32 Å². The number of ether oxygens (including phenoxy) is 1. The van der Waals surface area contributed by atoms with Crippen molar-refractivity contribution in [2.45, 2.75) is 24.1 Å². The average Bonchev–Trinajstić information content (AvgIpc) is 2.20. The van der Waals surface area contributed by atoms with Gasteiger partial charge in [-0.3, -0.25) is 4.79 Å². The predicted molar refractivity (Wildman–Crippen MR) is 56.8 cm³/mol. The molecule has 1 aliphatic heterocycles. The highest BCUT2D eigenvalue weighted by Gasteiger charge is 2.19. The first kappa shape index (κ1) is 11.8. The van der Waals surface area contributed by atoms with E-state index in [1.165, 1.54) is 0 Å². The molecule has 14 heavy (non-hydrogen) atoms. The highest BCUT2D eigenvalue weighted by molar-refractivity contribution is 7.99. The van der Waals surface area contributed by atoms with Crippen LogP contribution in [0.5, 0.6) is 0 Å². The van der Waals surface area contributed by atoms with Crippen molar-refractivity contribution in [3.05, 3.63) is 0 Å². The van der Waals surface area contributed by atoms with Gasteiger partial charge in [0.25, 0.3) is 0 Å². The summed E-state index contributed by atoms with van der Waals surface area (Å²) in [6.45, 7) is 1.63. The van der Waals surface area contributed by atoms with E-state index in [1.807, 2.05) is 0 Å². The Kier molecular flexibility index (Phi) is 5.29. The number of aliphatic carboxylic acids is 1. The minimum Gasteiger partial charge on any atom is -0.480 e. The van der Waals surface area contributed by atoms with E-state index in [4.69, 9.17) is 9.84 Å². The molecule has 0 saturated carbocycles. The molecule has 2 N–H and O–H groups in total. The van der Waals surface area contributed by atoms with E-state index in [9.17, 15) is 4.79 Å². The van der Waals surface area contributed by atoms with Crippen LogP contribution in [-0.2, 0) is 9.53 Å². The van der Waals surface area contributed by atoms with Gasteiger partial charge in [-0.1, -0.05) is 0 Å². The molecule has 1 atom stereocenters. The SMILES string of the molecule is CNC(CSC1CCOCC1)C(=O)O. The summed E-state index contributed by atoms with van der Waals surface area (Å²) in [5.41, 5.74) is 0. The average molecular weight is 219 g/mol. The predicted octanol–water partition coefficient (Wildman–Crippen LogP) is 0.571. The molecule has 1 saturated heterocycles. The Morgan fingerprint density at radius 1 is 1.64 bits per heavy atom. The Bertz CT molecular complexity index is 183. The molecule has 0 aliphatic carbocycles. The van der Waals surface area contributed by atoms with Crippen LogP contribution in [-0.4, -0.2) is 48.4 Å². The molecule has 0 bridgehead atoms. The van der Waals surface area contributed by atoms with E-state index in [0.29, 0.717) is 11.0 Å². The second-order valence-electron chi connectivity index (χ2n) is 3.32. The van der Waals surface area contributed by atoms with Gasteiger partial charge in [-0.15, -0.1) is 0 Å². The molecule has 0 aromatic heterocycles. The van der Waals surface area contributed by atoms with E-state index < -0.39 is 12.0 Å². The third kappa shape index (κ3) is 3.86. The molecule has 4 nitrogen and oxygen atoms in total. The van der Waals surface area contributed by atoms with Crippen molar-refractivity contribution in [1.29, 1.82) is 0 Å². The lowest BCUT2D eigenvalue weighted by Gasteiger charge is -2.22. The Hall–Kier alpha value is -0.260. The molecule has 0 aromatic rings. The van der Waals surface area contributed by atoms with E-state index in [-0.39, 0.29) is 0 Å². The number of nitrogens with one attached hydrogen (secondary N) is 1. The third-order valence-electron chi connectivity index (χ3n) is 2.31. The van der Waals surface area contributed by atoms with Gasteiger partial charge >= 0.3 is 5.97 Å². The number of rotatable bonds is 5. The van der Waals surface area contributed by atoms with Crippen molar-refractivity contribution < 1.29 is 14.6 Å². The van der Waals surface area contributed by atoms with Gasteiger partial charge in [-0.2, -0.15) is 11.8 Å². The topological polar surface area (TPSA) is 58.6 Å². The fraction of sp³-hybridized carbons (Fsp3) is 0.889. The Balaban J connectivity index is 2.20. The van der Waals surface area contributed by atoms with Crippen LogP contribution in [0.3, 0.4) is 0 Å². The maximum Gasteiger partial charge on any atom is 0.321 e. The molecule has 1 rings (SSSR count). The van der Waals surface area contributed by atoms with Crippen LogP contribution in [0.2, 0.25) is 0 Å². The summed E-state index contributed by atoms with van der Waals surface area (Å²) in [7, 11) is 1.68. The van der Waals surface area contributed by atoms with Crippen molar-refractivity contribution >= 4 is 17.7 Å². The minimum absolute atomic E-state index is 0.428. The second kappa shape index (κ2) is 6.27. The number of thioether (sulfide) groups is 1. The van der Waals surface area contributed by atoms with Gasteiger partial charge in [0.2, 0.25) is 0 Å². The van der Waals surface area contributed by atoms with Gasteiger partial charge in [-0.05, 0) is 19.9 Å². The summed E-state index contributed by atoms with van der Waals surface area (Å²) < 4.78 is 5.24. The largest absolute Gasteiger partial charge is 0.480 e. The number of carbonyl (C=O) groups is 1. The minimum atomic E-state index is -0.771. The maximum atomic E-state index is 10.7. The lowest BCUT2D eigenvalue weighted by molar-refractivity contribution is -0.138. The normalized spacial score (nSPS) is 20.6. The van der Waals surface area contributed by atoms with E-state index >= 15 is 0 Å². The van der Waals surface area contributed by atoms with Gasteiger partial charge in [0, 0.05) is 24.2 Å². The molecule has 5 heteroatoms. The second-order valence-corrected chi connectivity index (χ2v) is 4.66. The van der Waals surface area contributed by atoms with Gasteiger partial charge in [0.15, 0.2) is 0 Å². The van der Waals surface area contributed by atoms with E-state index in [1.54, 1.807) is 18.8 Å². The van der Waals surface area contributed by atoms with Gasteiger partial charge < -0.3 is 15.2 Å². The fourth-order valence-corrected chi connectivity index (χ4v) is 2.65. The zero-order valence-electron chi connectivity index (χ0n) is 8.36. The summed E-state index contributed by atoms with van der Waals surface area (Å²) in [4.78, 5) is 10.7. The number of carboxylic acid groups (broad SMARTS) is 1. The van der Waals surface area contributed by atoms with Crippen LogP contribution in [0.4, 0.5) is 0 Å². The molecule has 1 heterocycles. The van der Waals surface area contributed by atoms with E-state index in [0.717, 1.165) is 26.1 Å². The van der Waals surface area contributed by atoms with Crippen LogP contribution in [0.1, 0.15) is 12.8 Å². The van der Waals surface area contributed by atoms with Gasteiger partial charge in [-0.25, -0.2) is 0 Å². The van der Waals surface area contributed by atoms with Crippen LogP contribution in [0.25, 0.3) is 0 Å². The lowest BCUT2D eigenvalue weighted by atomic mass is 10.2. The molecule has 0 spiro atoms. The zero-order chi connectivity index (χ0) is 10.4. The summed E-state index contributed by atoms with van der Waals surface area (Å²) in [6.07, 6.45) is 2.08. The molecular formula is C9H17NO3S. The first-order chi connectivity index (χ1) is 6.74. The number of likely N-dealkylation sites (N-methyl/N-ethyl adjacent to an activating group) is 1. The monoisotopic (exact) mass is 219 g/mol. The van der Waals surface area contributed by atoms with Crippen molar-refractivity contribution in [3.63, 3.8) is 0 Å². The lowest BCUT2D eigenvalue weighted by Crippen LogP contribution is -2.37. The van der Waals surface area contributed by atoms with Crippen molar-refractivity contribution in [2.24, 2.45) is 0 Å². The first-order valence-electron chi connectivity index (χ1n) is 4.83. The standard InChI is InChI=1S/C9H17NO3S/c1-10-8(9(11)12)6-14-7-2-4-13-5-3-7/h7-8,10H,2-6H2,1H3,(H,11,12). The number of hydrogen-bond acceptors (Lipinski definition) is 4. The number of carboxylic acids is 1. The van der Waals surface area contributed by atoms with Gasteiger partial charge in [0.05, 0.1) is 0 Å². The Morgan fingerprint density at radius 3 is 2.79 bits per heavy atom. The Labute approximate surface area is 88.4 Å². The first-order valence-corrected chi connectivity index (χ1v) is 5.88. The highest BCUT2D eigenvalue weighted by Crippen LogP contribution is 2.22. The van der Waals surface area contributed by atoms with Crippen LogP contribution >= 0.6 is 11.8 Å². The van der Waals surface area contributed by atoms with E-state index in [2.05, 4.69) is 5.32 Å². The molecule has 1 aliphatic rings. The quantitative estimate of drug-likeness (QED) is 0.708. The molecule has 0 radical (unpaired) electrons. The molecule has 0 amide bonds. The fourth-order valence-electron chi connectivity index (χ4n) is 1.35. The van der Waals surface area contributed by atoms with Crippen LogP contribution < -0.4 is 5.32 Å². The molecule has 0 aromatic carbocycles. The summed E-state index contributed by atoms with van der Waals surface area (Å²) >= 11 is 1.74. The van der Waals surface area contributed by atoms with Crippen LogP contribution in [0, 0.1) is 0 Å². The molecular weight excluding hydrogens is 202 g/mol. The zero-order valence-corrected chi connectivity index (χ0v) is 9.18. The van der Waals surface area contributed by atoms with Crippen LogP contribution in [0.15, 0.2) is 0 Å². The molecule has 1 fully saturated rings. The highest BCUT2D eigenvalue weighted by atomic mass is 32.2. The number of hydrogen-bond donors (Lipinski definition) is 2. The van der Waals surface area contributed by atoms with Crippen molar-refractivity contribution in [3.8, 4) is 0 Å². The van der Waals surface area contributed by atoms with Gasteiger partial charge in [0.1, 0.15) is 6.04 Å². The summed E-state index contributed by atoms with van der Waals surface area (Å²) in [5, 5.41) is 12.2. The Morgan fingerprint density at radius 2 is 2.29 bits per heavy atom. The molecule has 1 unspecified atom stereocenters. The summed E-state index contributed by atoms with van der Waals surface area (Å²) in [5.74, 6) is -0.136. The smallest absolute Gasteiger partial charge is 0.321 e. The summed E-state index contributed by atoms with van der Waals surface area (Å²) in [6, 6.07) is -0.428. The molecule has 82 valence electrons. The maximum absolute atomic E-state index is 10.7. The third-order valence-corrected chi connectivity index (χ3v) is 3.78.